The number of aryl methyl sites for hydroxylation is 1. The maximum absolute atomic E-state index is 5.23. The summed E-state index contributed by atoms with van der Waals surface area (Å²) in [7, 11) is 1.80. The Balaban J connectivity index is 2.06. The van der Waals surface area contributed by atoms with E-state index in [0.717, 1.165) is 13.0 Å². The van der Waals surface area contributed by atoms with Crippen molar-refractivity contribution in [1.82, 2.24) is 10.2 Å². The van der Waals surface area contributed by atoms with Crippen LogP contribution in [0.1, 0.15) is 56.3 Å². The van der Waals surface area contributed by atoms with E-state index >= 15 is 0 Å². The monoisotopic (exact) mass is 376 g/mol. The normalized spacial score (nSPS) is 18.7. The lowest BCUT2D eigenvalue weighted by molar-refractivity contribution is 0.131. The fourth-order valence-electron chi connectivity index (χ4n) is 3.35. The van der Waals surface area contributed by atoms with E-state index < -0.39 is 0 Å². The van der Waals surface area contributed by atoms with Crippen LogP contribution in [0.15, 0.2) is 0 Å². The van der Waals surface area contributed by atoms with E-state index in [0.29, 0.717) is 5.41 Å². The van der Waals surface area contributed by atoms with E-state index in [2.05, 4.69) is 39.7 Å². The quantitative estimate of drug-likeness (QED) is 0.596. The number of hydrogen-bond acceptors (Lipinski definition) is 2. The molecular weight excluding hydrogens is 351 g/mol. The highest BCUT2D eigenvalue weighted by atomic mass is 127. The van der Waals surface area contributed by atoms with Crippen LogP contribution in [0.2, 0.25) is 0 Å². The average molecular weight is 376 g/mol. The van der Waals surface area contributed by atoms with Crippen LogP contribution >= 0.6 is 22.6 Å². The van der Waals surface area contributed by atoms with Gasteiger partial charge in [-0.2, -0.15) is 5.10 Å². The molecule has 0 spiro atoms. The van der Waals surface area contributed by atoms with Gasteiger partial charge in [0.05, 0.1) is 9.26 Å². The first-order chi connectivity index (χ1) is 9.17. The molecule has 1 aromatic rings. The van der Waals surface area contributed by atoms with E-state index in [9.17, 15) is 0 Å². The number of aromatic nitrogens is 2. The van der Waals surface area contributed by atoms with Crippen LogP contribution in [-0.4, -0.2) is 23.9 Å². The van der Waals surface area contributed by atoms with Gasteiger partial charge in [0, 0.05) is 19.4 Å². The molecule has 0 unspecified atom stereocenters. The molecule has 0 bridgehead atoms. The van der Waals surface area contributed by atoms with Crippen molar-refractivity contribution in [2.45, 2.75) is 58.3 Å². The van der Waals surface area contributed by atoms with Gasteiger partial charge in [-0.1, -0.05) is 19.3 Å². The Bertz CT molecular complexity index is 397. The number of hydrogen-bond donors (Lipinski definition) is 1. The van der Waals surface area contributed by atoms with Gasteiger partial charge in [0.2, 0.25) is 0 Å². The van der Waals surface area contributed by atoms with Crippen molar-refractivity contribution in [2.24, 2.45) is 5.41 Å². The number of H-pyrrole nitrogens is 1. The summed E-state index contributed by atoms with van der Waals surface area (Å²) in [5.41, 5.74) is 2.95. The number of halogens is 1. The van der Waals surface area contributed by atoms with Crippen LogP contribution in [0.4, 0.5) is 0 Å². The fourth-order valence-corrected chi connectivity index (χ4v) is 3.78. The minimum atomic E-state index is 0.471. The van der Waals surface area contributed by atoms with E-state index in [1.165, 1.54) is 59.9 Å². The van der Waals surface area contributed by atoms with Gasteiger partial charge < -0.3 is 4.74 Å². The third kappa shape index (κ3) is 3.94. The molecule has 0 aromatic carbocycles. The maximum Gasteiger partial charge on any atom is 0.0763 e. The van der Waals surface area contributed by atoms with E-state index in [4.69, 9.17) is 4.74 Å². The van der Waals surface area contributed by atoms with Gasteiger partial charge in [0.1, 0.15) is 0 Å². The number of nitrogens with zero attached hydrogens (tertiary/aromatic N) is 1. The first-order valence-corrected chi connectivity index (χ1v) is 8.43. The standard InChI is InChI=1S/C15H25IN2O/c1-12-14(16)13(18-17-12)11-15(9-6-10-19-2)7-4-3-5-8-15/h3-11H2,1-2H3,(H,17,18). The number of rotatable bonds is 6. The molecule has 0 atom stereocenters. The Morgan fingerprint density at radius 2 is 2.05 bits per heavy atom. The number of methoxy groups -OCH3 is 1. The molecule has 0 amide bonds. The molecule has 1 saturated carbocycles. The molecule has 1 aromatic heterocycles. The summed E-state index contributed by atoms with van der Waals surface area (Å²) in [4.78, 5) is 0. The van der Waals surface area contributed by atoms with E-state index in [1.807, 2.05) is 0 Å². The van der Waals surface area contributed by atoms with Crippen LogP contribution in [0.3, 0.4) is 0 Å². The number of ether oxygens (including phenoxy) is 1. The van der Waals surface area contributed by atoms with Gasteiger partial charge in [0.25, 0.3) is 0 Å². The average Bonchev–Trinajstić information content (AvgIpc) is 2.72. The molecule has 1 aliphatic rings. The highest BCUT2D eigenvalue weighted by molar-refractivity contribution is 14.1. The summed E-state index contributed by atoms with van der Waals surface area (Å²) in [6.07, 6.45) is 10.5. The fraction of sp³-hybridized carbons (Fsp3) is 0.800. The van der Waals surface area contributed by atoms with Crippen LogP contribution in [-0.2, 0) is 11.2 Å². The summed E-state index contributed by atoms with van der Waals surface area (Å²) in [6, 6.07) is 0. The van der Waals surface area contributed by atoms with Gasteiger partial charge in [-0.05, 0) is 67.0 Å². The third-order valence-electron chi connectivity index (χ3n) is 4.45. The Morgan fingerprint density at radius 1 is 1.32 bits per heavy atom. The Hall–Kier alpha value is -0.100. The van der Waals surface area contributed by atoms with E-state index in [1.54, 1.807) is 7.11 Å². The molecule has 1 N–H and O–H groups in total. The summed E-state index contributed by atoms with van der Waals surface area (Å²) in [6.45, 7) is 3.00. The molecule has 0 radical (unpaired) electrons. The first kappa shape index (κ1) is 15.3. The molecule has 108 valence electrons. The first-order valence-electron chi connectivity index (χ1n) is 7.35. The zero-order chi connectivity index (χ0) is 13.7. The molecule has 2 rings (SSSR count). The third-order valence-corrected chi connectivity index (χ3v) is 5.89. The number of aromatic amines is 1. The molecule has 0 aliphatic heterocycles. The van der Waals surface area contributed by atoms with Crippen molar-refractivity contribution >= 4 is 22.6 Å². The summed E-state index contributed by atoms with van der Waals surface area (Å²) in [5, 5.41) is 7.65. The van der Waals surface area contributed by atoms with Gasteiger partial charge in [0.15, 0.2) is 0 Å². The lowest BCUT2D eigenvalue weighted by Crippen LogP contribution is -2.27. The van der Waals surface area contributed by atoms with Crippen molar-refractivity contribution in [3.63, 3.8) is 0 Å². The molecular formula is C15H25IN2O. The van der Waals surface area contributed by atoms with Crippen LogP contribution in [0.5, 0.6) is 0 Å². The SMILES string of the molecule is COCCCC1(Cc2n[nH]c(C)c2I)CCCCC1. The van der Waals surface area contributed by atoms with Crippen molar-refractivity contribution in [1.29, 1.82) is 0 Å². The minimum Gasteiger partial charge on any atom is -0.385 e. The van der Waals surface area contributed by atoms with Gasteiger partial charge in [-0.15, -0.1) is 0 Å². The van der Waals surface area contributed by atoms with Crippen molar-refractivity contribution in [3.8, 4) is 0 Å². The second kappa shape index (κ2) is 7.07. The molecule has 0 saturated heterocycles. The lowest BCUT2D eigenvalue weighted by atomic mass is 9.68. The Labute approximate surface area is 130 Å². The minimum absolute atomic E-state index is 0.471. The molecule has 4 heteroatoms. The zero-order valence-corrected chi connectivity index (χ0v) is 14.3. The topological polar surface area (TPSA) is 37.9 Å². The summed E-state index contributed by atoms with van der Waals surface area (Å²) >= 11 is 2.43. The predicted octanol–water partition coefficient (Wildman–Crippen LogP) is 4.24. The van der Waals surface area contributed by atoms with Gasteiger partial charge in [-0.25, -0.2) is 0 Å². The van der Waals surface area contributed by atoms with Crippen LogP contribution in [0, 0.1) is 15.9 Å². The second-order valence-corrected chi connectivity index (χ2v) is 7.02. The van der Waals surface area contributed by atoms with E-state index in [-0.39, 0.29) is 0 Å². The Morgan fingerprint density at radius 3 is 2.63 bits per heavy atom. The lowest BCUT2D eigenvalue weighted by Gasteiger charge is -2.37. The summed E-state index contributed by atoms with van der Waals surface area (Å²) in [5.74, 6) is 0. The van der Waals surface area contributed by atoms with Crippen molar-refractivity contribution in [3.05, 3.63) is 15.0 Å². The second-order valence-electron chi connectivity index (χ2n) is 5.94. The smallest absolute Gasteiger partial charge is 0.0763 e. The molecule has 3 nitrogen and oxygen atoms in total. The van der Waals surface area contributed by atoms with Crippen LogP contribution < -0.4 is 0 Å². The highest BCUT2D eigenvalue weighted by Gasteiger charge is 2.33. The van der Waals surface area contributed by atoms with Crippen molar-refractivity contribution < 1.29 is 4.74 Å². The van der Waals surface area contributed by atoms with Crippen LogP contribution in [0.25, 0.3) is 0 Å². The van der Waals surface area contributed by atoms with Crippen molar-refractivity contribution in [2.75, 3.05) is 13.7 Å². The zero-order valence-electron chi connectivity index (χ0n) is 12.1. The molecule has 19 heavy (non-hydrogen) atoms. The molecule has 1 aliphatic carbocycles. The summed E-state index contributed by atoms with van der Waals surface area (Å²) < 4.78 is 6.56. The Kier molecular flexibility index (Phi) is 5.69. The van der Waals surface area contributed by atoms with Gasteiger partial charge in [-0.3, -0.25) is 5.10 Å². The van der Waals surface area contributed by atoms with Gasteiger partial charge >= 0.3 is 0 Å². The molecule has 1 heterocycles. The maximum atomic E-state index is 5.23. The number of nitrogens with one attached hydrogen (secondary N) is 1. The predicted molar refractivity (Wildman–Crippen MR) is 86.4 cm³/mol. The highest BCUT2D eigenvalue weighted by Crippen LogP contribution is 2.43. The molecule has 1 fully saturated rings. The largest absolute Gasteiger partial charge is 0.385 e.